The lowest BCUT2D eigenvalue weighted by Crippen LogP contribution is -2.33. The summed E-state index contributed by atoms with van der Waals surface area (Å²) in [6.07, 6.45) is 0.584. The van der Waals surface area contributed by atoms with Crippen molar-refractivity contribution >= 4 is 10.0 Å². The fourth-order valence-corrected chi connectivity index (χ4v) is 3.52. The molecule has 2 rings (SSSR count). The van der Waals surface area contributed by atoms with Crippen molar-refractivity contribution in [2.45, 2.75) is 17.9 Å². The number of hydrogen-bond acceptors (Lipinski definition) is 4. The van der Waals surface area contributed by atoms with E-state index in [-0.39, 0.29) is 18.0 Å². The highest BCUT2D eigenvalue weighted by atomic mass is 32.2. The van der Waals surface area contributed by atoms with E-state index in [0.717, 1.165) is 6.07 Å². The number of sulfonamides is 1. The molecule has 0 saturated carbocycles. The van der Waals surface area contributed by atoms with E-state index in [9.17, 15) is 12.8 Å². The Bertz CT molecular complexity index is 539. The molecule has 1 heterocycles. The zero-order valence-corrected chi connectivity index (χ0v) is 11.2. The van der Waals surface area contributed by atoms with E-state index in [1.165, 1.54) is 16.4 Å². The van der Waals surface area contributed by atoms with Crippen LogP contribution in [0.1, 0.15) is 12.0 Å². The molecule has 0 amide bonds. The summed E-state index contributed by atoms with van der Waals surface area (Å²) in [5.74, 6) is -0.803. The van der Waals surface area contributed by atoms with Crippen molar-refractivity contribution in [3.63, 3.8) is 0 Å². The first kappa shape index (κ1) is 14.4. The number of nitrogens with zero attached hydrogens (tertiary/aromatic N) is 1. The highest BCUT2D eigenvalue weighted by molar-refractivity contribution is 7.89. The number of rotatable bonds is 3. The molecule has 0 aliphatic carbocycles. The Kier molecular flexibility index (Phi) is 4.51. The molecule has 1 aromatic rings. The Morgan fingerprint density at radius 1 is 1.32 bits per heavy atom. The number of ether oxygens (including phenoxy) is 1. The van der Waals surface area contributed by atoms with Crippen LogP contribution in [0, 0.1) is 5.82 Å². The van der Waals surface area contributed by atoms with Gasteiger partial charge in [-0.3, -0.25) is 0 Å². The maximum absolute atomic E-state index is 13.7. The SMILES string of the molecule is O=S(=O)(c1cc(CO)ccc1F)N1CCCOCC1. The minimum Gasteiger partial charge on any atom is -0.392 e. The van der Waals surface area contributed by atoms with E-state index in [0.29, 0.717) is 31.7 Å². The molecule has 1 aromatic carbocycles. The fraction of sp³-hybridized carbons (Fsp3) is 0.500. The molecule has 1 N–H and O–H groups in total. The minimum atomic E-state index is -3.88. The van der Waals surface area contributed by atoms with Gasteiger partial charge in [0.15, 0.2) is 0 Å². The maximum atomic E-state index is 13.7. The highest BCUT2D eigenvalue weighted by Gasteiger charge is 2.28. The summed E-state index contributed by atoms with van der Waals surface area (Å²) in [4.78, 5) is -0.388. The van der Waals surface area contributed by atoms with Crippen LogP contribution in [0.4, 0.5) is 4.39 Å². The lowest BCUT2D eigenvalue weighted by atomic mass is 10.2. The Hall–Kier alpha value is -1.02. The van der Waals surface area contributed by atoms with Gasteiger partial charge in [0.1, 0.15) is 10.7 Å². The molecular formula is C12H16FNO4S. The molecule has 1 saturated heterocycles. The van der Waals surface area contributed by atoms with E-state index in [1.807, 2.05) is 0 Å². The molecule has 0 atom stereocenters. The smallest absolute Gasteiger partial charge is 0.246 e. The second-order valence-corrected chi connectivity index (χ2v) is 6.20. The third kappa shape index (κ3) is 3.11. The van der Waals surface area contributed by atoms with Gasteiger partial charge in [-0.25, -0.2) is 12.8 Å². The van der Waals surface area contributed by atoms with Crippen molar-refractivity contribution in [3.05, 3.63) is 29.6 Å². The van der Waals surface area contributed by atoms with Gasteiger partial charge in [-0.2, -0.15) is 4.31 Å². The van der Waals surface area contributed by atoms with Gasteiger partial charge in [-0.05, 0) is 24.1 Å². The molecular weight excluding hydrogens is 273 g/mol. The first-order chi connectivity index (χ1) is 9.05. The zero-order chi connectivity index (χ0) is 13.9. The van der Waals surface area contributed by atoms with E-state index in [1.54, 1.807) is 0 Å². The molecule has 1 aliphatic rings. The third-order valence-electron chi connectivity index (χ3n) is 2.98. The molecule has 0 unspecified atom stereocenters. The highest BCUT2D eigenvalue weighted by Crippen LogP contribution is 2.21. The van der Waals surface area contributed by atoms with Gasteiger partial charge in [-0.15, -0.1) is 0 Å². The van der Waals surface area contributed by atoms with Crippen molar-refractivity contribution in [1.29, 1.82) is 0 Å². The molecule has 0 bridgehead atoms. The van der Waals surface area contributed by atoms with Crippen LogP contribution in [0.15, 0.2) is 23.1 Å². The first-order valence-electron chi connectivity index (χ1n) is 6.03. The molecule has 5 nitrogen and oxygen atoms in total. The van der Waals surface area contributed by atoms with Crippen molar-refractivity contribution in [1.82, 2.24) is 4.31 Å². The minimum absolute atomic E-state index is 0.213. The number of hydrogen-bond donors (Lipinski definition) is 1. The van der Waals surface area contributed by atoms with Gasteiger partial charge >= 0.3 is 0 Å². The van der Waals surface area contributed by atoms with Crippen LogP contribution in [0.3, 0.4) is 0 Å². The van der Waals surface area contributed by atoms with Gasteiger partial charge < -0.3 is 9.84 Å². The Labute approximate surface area is 111 Å². The van der Waals surface area contributed by atoms with E-state index < -0.39 is 15.8 Å². The van der Waals surface area contributed by atoms with Crippen LogP contribution in [0.25, 0.3) is 0 Å². The standard InChI is InChI=1S/C12H16FNO4S/c13-11-3-2-10(9-15)8-12(11)19(16,17)14-4-1-6-18-7-5-14/h2-3,8,15H,1,4-7,9H2. The lowest BCUT2D eigenvalue weighted by molar-refractivity contribution is 0.148. The predicted molar refractivity (Wildman–Crippen MR) is 66.5 cm³/mol. The van der Waals surface area contributed by atoms with E-state index in [4.69, 9.17) is 9.84 Å². The Morgan fingerprint density at radius 2 is 2.11 bits per heavy atom. The summed E-state index contributed by atoms with van der Waals surface area (Å²) in [5.41, 5.74) is 0.367. The number of aliphatic hydroxyl groups excluding tert-OH is 1. The van der Waals surface area contributed by atoms with Gasteiger partial charge in [0.2, 0.25) is 10.0 Å². The average molecular weight is 289 g/mol. The summed E-state index contributed by atoms with van der Waals surface area (Å²) in [7, 11) is -3.88. The van der Waals surface area contributed by atoms with Gasteiger partial charge in [0.05, 0.1) is 13.2 Å². The van der Waals surface area contributed by atoms with Crippen LogP contribution >= 0.6 is 0 Å². The van der Waals surface area contributed by atoms with Crippen LogP contribution in [0.2, 0.25) is 0 Å². The summed E-state index contributed by atoms with van der Waals surface area (Å²) in [5, 5.41) is 9.02. The summed E-state index contributed by atoms with van der Waals surface area (Å²) < 4.78 is 44.9. The number of benzene rings is 1. The van der Waals surface area contributed by atoms with Crippen LogP contribution in [-0.2, 0) is 21.4 Å². The number of halogens is 1. The van der Waals surface area contributed by atoms with Crippen LogP contribution < -0.4 is 0 Å². The fourth-order valence-electron chi connectivity index (χ4n) is 1.95. The van der Waals surface area contributed by atoms with Gasteiger partial charge in [-0.1, -0.05) is 6.07 Å². The summed E-state index contributed by atoms with van der Waals surface area (Å²) >= 11 is 0. The lowest BCUT2D eigenvalue weighted by Gasteiger charge is -2.19. The van der Waals surface area contributed by atoms with Crippen molar-refractivity contribution < 1.29 is 22.7 Å². The normalized spacial score (nSPS) is 18.2. The number of aliphatic hydroxyl groups is 1. The molecule has 7 heteroatoms. The molecule has 0 spiro atoms. The maximum Gasteiger partial charge on any atom is 0.246 e. The van der Waals surface area contributed by atoms with E-state index in [2.05, 4.69) is 0 Å². The first-order valence-corrected chi connectivity index (χ1v) is 7.47. The van der Waals surface area contributed by atoms with Crippen LogP contribution in [0.5, 0.6) is 0 Å². The van der Waals surface area contributed by atoms with Gasteiger partial charge in [0, 0.05) is 19.7 Å². The average Bonchev–Trinajstić information content (AvgIpc) is 2.68. The quantitative estimate of drug-likeness (QED) is 0.891. The van der Waals surface area contributed by atoms with E-state index >= 15 is 0 Å². The second kappa shape index (κ2) is 5.96. The molecule has 19 heavy (non-hydrogen) atoms. The topological polar surface area (TPSA) is 66.8 Å². The molecule has 1 aliphatic heterocycles. The van der Waals surface area contributed by atoms with Crippen molar-refractivity contribution in [2.24, 2.45) is 0 Å². The predicted octanol–water partition coefficient (Wildman–Crippen LogP) is 0.729. The van der Waals surface area contributed by atoms with Crippen molar-refractivity contribution in [3.8, 4) is 0 Å². The molecule has 1 fully saturated rings. The third-order valence-corrected chi connectivity index (χ3v) is 4.89. The molecule has 0 radical (unpaired) electrons. The largest absolute Gasteiger partial charge is 0.392 e. The molecule has 0 aromatic heterocycles. The summed E-state index contributed by atoms with van der Waals surface area (Å²) in [6, 6.07) is 3.60. The second-order valence-electron chi connectivity index (χ2n) is 4.29. The zero-order valence-electron chi connectivity index (χ0n) is 10.4. The Balaban J connectivity index is 2.37. The monoisotopic (exact) mass is 289 g/mol. The van der Waals surface area contributed by atoms with Gasteiger partial charge in [0.25, 0.3) is 0 Å². The summed E-state index contributed by atoms with van der Waals surface area (Å²) in [6.45, 7) is 1.01. The molecule has 106 valence electrons. The Morgan fingerprint density at radius 3 is 2.84 bits per heavy atom. The van der Waals surface area contributed by atoms with Crippen molar-refractivity contribution in [2.75, 3.05) is 26.3 Å². The van der Waals surface area contributed by atoms with Crippen LogP contribution in [-0.4, -0.2) is 44.1 Å².